The highest BCUT2D eigenvalue weighted by atomic mass is 16.7. The maximum Gasteiger partial charge on any atom is 0.225 e. The fourth-order valence-corrected chi connectivity index (χ4v) is 4.65. The first kappa shape index (κ1) is 23.0. The third-order valence-electron chi connectivity index (χ3n) is 6.50. The van der Waals surface area contributed by atoms with Crippen LogP contribution in [0, 0.1) is 0 Å². The van der Waals surface area contributed by atoms with E-state index in [1.54, 1.807) is 0 Å². The van der Waals surface area contributed by atoms with Crippen molar-refractivity contribution in [3.63, 3.8) is 0 Å². The minimum atomic E-state index is -1.64. The fourth-order valence-electron chi connectivity index (χ4n) is 4.65. The normalized spacial score (nSPS) is 28.1. The molecule has 5 rings (SSSR count). The van der Waals surface area contributed by atoms with E-state index < -0.39 is 36.8 Å². The van der Waals surface area contributed by atoms with Gasteiger partial charge in [0.1, 0.15) is 36.8 Å². The third kappa shape index (κ3) is 4.22. The van der Waals surface area contributed by atoms with Gasteiger partial charge in [-0.25, -0.2) is 0 Å². The van der Waals surface area contributed by atoms with E-state index in [4.69, 9.17) is 14.2 Å². The molecule has 1 spiro atoms. The molecule has 2 aliphatic rings. The predicted molar refractivity (Wildman–Crippen MR) is 123 cm³/mol. The molecule has 0 bridgehead atoms. The van der Waals surface area contributed by atoms with Crippen molar-refractivity contribution in [2.75, 3.05) is 6.61 Å². The quantitative estimate of drug-likeness (QED) is 0.442. The molecular weight excluding hydrogens is 436 g/mol. The van der Waals surface area contributed by atoms with E-state index in [9.17, 15) is 20.4 Å². The van der Waals surface area contributed by atoms with Crippen LogP contribution in [0.1, 0.15) is 27.8 Å². The zero-order valence-electron chi connectivity index (χ0n) is 18.6. The number of rotatable bonds is 6. The summed E-state index contributed by atoms with van der Waals surface area (Å²) in [4.78, 5) is 0. The van der Waals surface area contributed by atoms with Crippen molar-refractivity contribution in [1.29, 1.82) is 0 Å². The summed E-state index contributed by atoms with van der Waals surface area (Å²) < 4.78 is 17.6. The first-order valence-corrected chi connectivity index (χ1v) is 11.3. The molecule has 0 radical (unpaired) electrons. The summed E-state index contributed by atoms with van der Waals surface area (Å²) in [5.41, 5.74) is 4.52. The summed E-state index contributed by atoms with van der Waals surface area (Å²) in [6.07, 6.45) is -4.90. The zero-order chi connectivity index (χ0) is 23.7. The summed E-state index contributed by atoms with van der Waals surface area (Å²) in [5, 5.41) is 40.9. The number of aliphatic hydroxyl groups is 4. The molecule has 3 aromatic carbocycles. The second kappa shape index (κ2) is 9.46. The first-order chi connectivity index (χ1) is 16.5. The van der Waals surface area contributed by atoms with Gasteiger partial charge in [-0.3, -0.25) is 0 Å². The Kier molecular flexibility index (Phi) is 6.40. The lowest BCUT2D eigenvalue weighted by molar-refractivity contribution is -0.368. The van der Waals surface area contributed by atoms with E-state index in [-0.39, 0.29) is 6.61 Å². The lowest BCUT2D eigenvalue weighted by atomic mass is 9.86. The van der Waals surface area contributed by atoms with Gasteiger partial charge in [-0.15, -0.1) is 0 Å². The summed E-state index contributed by atoms with van der Waals surface area (Å²) >= 11 is 0. The standard InChI is InChI=1S/C27H28O7/c28-14-23-24(29)25(30)26(31)27(34-23)22-13-19(9-10-20(22)16-33-27)11-18-7-4-8-21(12-18)32-15-17-5-2-1-3-6-17/h1-10,12-13,23-26,28-31H,11,14-16H2/t23-,24-,25+,26-,27+/m1/s1. The molecule has 178 valence electrons. The largest absolute Gasteiger partial charge is 0.489 e. The van der Waals surface area contributed by atoms with Crippen LogP contribution in [0.4, 0.5) is 0 Å². The van der Waals surface area contributed by atoms with Gasteiger partial charge in [0.25, 0.3) is 0 Å². The predicted octanol–water partition coefficient (Wildman–Crippen LogP) is 2.01. The molecule has 0 saturated carbocycles. The molecule has 7 nitrogen and oxygen atoms in total. The summed E-state index contributed by atoms with van der Waals surface area (Å²) in [6.45, 7) is 0.162. The van der Waals surface area contributed by atoms with E-state index in [0.29, 0.717) is 18.6 Å². The van der Waals surface area contributed by atoms with Crippen LogP contribution >= 0.6 is 0 Å². The van der Waals surface area contributed by atoms with Crippen LogP contribution < -0.4 is 4.74 Å². The number of fused-ring (bicyclic) bond motifs is 2. The Labute approximate surface area is 197 Å². The first-order valence-electron chi connectivity index (χ1n) is 11.3. The number of hydrogen-bond donors (Lipinski definition) is 4. The molecule has 0 aliphatic carbocycles. The highest BCUT2D eigenvalue weighted by Gasteiger charge is 2.58. The number of benzene rings is 3. The van der Waals surface area contributed by atoms with Crippen LogP contribution in [0.25, 0.3) is 0 Å². The number of aliphatic hydroxyl groups excluding tert-OH is 4. The van der Waals surface area contributed by atoms with Crippen LogP contribution in [-0.2, 0) is 34.9 Å². The minimum absolute atomic E-state index is 0.191. The highest BCUT2D eigenvalue weighted by molar-refractivity contribution is 5.41. The van der Waals surface area contributed by atoms with E-state index >= 15 is 0 Å². The summed E-state index contributed by atoms with van der Waals surface area (Å²) in [6, 6.07) is 23.7. The Bertz CT molecular complexity index is 1130. The molecule has 4 N–H and O–H groups in total. The van der Waals surface area contributed by atoms with Crippen molar-refractivity contribution in [2.24, 2.45) is 0 Å². The maximum atomic E-state index is 10.8. The van der Waals surface area contributed by atoms with Gasteiger partial charge in [0.05, 0.1) is 13.2 Å². The van der Waals surface area contributed by atoms with Crippen molar-refractivity contribution >= 4 is 0 Å². The average Bonchev–Trinajstić information content (AvgIpc) is 3.23. The molecule has 7 heteroatoms. The lowest BCUT2D eigenvalue weighted by Crippen LogP contribution is -2.63. The van der Waals surface area contributed by atoms with Crippen molar-refractivity contribution in [2.45, 2.75) is 49.8 Å². The van der Waals surface area contributed by atoms with Gasteiger partial charge in [-0.05, 0) is 46.9 Å². The molecular formula is C27H28O7. The molecule has 1 saturated heterocycles. The van der Waals surface area contributed by atoms with Gasteiger partial charge < -0.3 is 34.6 Å². The Morgan fingerprint density at radius 2 is 1.62 bits per heavy atom. The molecule has 0 unspecified atom stereocenters. The molecule has 2 aliphatic heterocycles. The molecule has 0 amide bonds. The second-order valence-corrected chi connectivity index (χ2v) is 8.81. The fraction of sp³-hybridized carbons (Fsp3) is 0.333. The number of hydrogen-bond acceptors (Lipinski definition) is 7. The molecule has 0 aromatic heterocycles. The smallest absolute Gasteiger partial charge is 0.225 e. The van der Waals surface area contributed by atoms with Gasteiger partial charge in [-0.2, -0.15) is 0 Å². The molecule has 34 heavy (non-hydrogen) atoms. The minimum Gasteiger partial charge on any atom is -0.489 e. The average molecular weight is 465 g/mol. The van der Waals surface area contributed by atoms with E-state index in [2.05, 4.69) is 0 Å². The van der Waals surface area contributed by atoms with Gasteiger partial charge in [0, 0.05) is 5.56 Å². The third-order valence-corrected chi connectivity index (χ3v) is 6.50. The van der Waals surface area contributed by atoms with Gasteiger partial charge in [0.15, 0.2) is 0 Å². The van der Waals surface area contributed by atoms with Crippen LogP contribution in [-0.4, -0.2) is 51.4 Å². The number of ether oxygens (including phenoxy) is 3. The molecule has 5 atom stereocenters. The van der Waals surface area contributed by atoms with E-state index in [1.807, 2.05) is 72.8 Å². The van der Waals surface area contributed by atoms with Crippen molar-refractivity contribution in [3.05, 3.63) is 101 Å². The monoisotopic (exact) mass is 464 g/mol. The second-order valence-electron chi connectivity index (χ2n) is 8.81. The van der Waals surface area contributed by atoms with Crippen molar-refractivity contribution in [3.8, 4) is 5.75 Å². The summed E-state index contributed by atoms with van der Waals surface area (Å²) in [5.74, 6) is -0.867. The van der Waals surface area contributed by atoms with Crippen molar-refractivity contribution < 1.29 is 34.6 Å². The Hall–Kier alpha value is -2.78. The Morgan fingerprint density at radius 3 is 2.41 bits per heavy atom. The Balaban J connectivity index is 1.36. The van der Waals surface area contributed by atoms with Gasteiger partial charge >= 0.3 is 0 Å². The van der Waals surface area contributed by atoms with E-state index in [1.165, 1.54) is 0 Å². The van der Waals surface area contributed by atoms with Crippen molar-refractivity contribution in [1.82, 2.24) is 0 Å². The zero-order valence-corrected chi connectivity index (χ0v) is 18.6. The van der Waals surface area contributed by atoms with Gasteiger partial charge in [0.2, 0.25) is 5.79 Å². The summed E-state index contributed by atoms with van der Waals surface area (Å²) in [7, 11) is 0. The lowest BCUT2D eigenvalue weighted by Gasteiger charge is -2.46. The van der Waals surface area contributed by atoms with Gasteiger partial charge in [-0.1, -0.05) is 54.6 Å². The van der Waals surface area contributed by atoms with Crippen LogP contribution in [0.3, 0.4) is 0 Å². The molecule has 3 aromatic rings. The maximum absolute atomic E-state index is 10.8. The molecule has 1 fully saturated rings. The van der Waals surface area contributed by atoms with Crippen LogP contribution in [0.5, 0.6) is 5.75 Å². The SMILES string of the molecule is OC[C@H]1O[C@]2(OCc3ccc(Cc4cccc(OCc5ccccc5)c4)cc32)[C@H](O)[C@@H](O)[C@@H]1O. The van der Waals surface area contributed by atoms with Crippen LogP contribution in [0.2, 0.25) is 0 Å². The Morgan fingerprint density at radius 1 is 0.853 bits per heavy atom. The van der Waals surface area contributed by atoms with Crippen LogP contribution in [0.15, 0.2) is 72.8 Å². The topological polar surface area (TPSA) is 109 Å². The van der Waals surface area contributed by atoms with E-state index in [0.717, 1.165) is 28.0 Å². The highest BCUT2D eigenvalue weighted by Crippen LogP contribution is 2.46. The molecule has 2 heterocycles.